The zero-order valence-corrected chi connectivity index (χ0v) is 20.7. The number of nitriles is 1. The number of carbonyl (C=O) groups excluding carboxylic acids is 1. The van der Waals surface area contributed by atoms with Crippen molar-refractivity contribution < 1.29 is 26.4 Å². The van der Waals surface area contributed by atoms with E-state index in [1.54, 1.807) is 6.07 Å². The number of nitrogens with one attached hydrogen (secondary N) is 2. The van der Waals surface area contributed by atoms with Gasteiger partial charge in [0.1, 0.15) is 6.07 Å². The molecule has 2 aromatic carbocycles. The van der Waals surface area contributed by atoms with E-state index in [2.05, 4.69) is 20.6 Å². The van der Waals surface area contributed by atoms with Gasteiger partial charge in [-0.05, 0) is 54.3 Å². The number of alkyl halides is 3. The number of nitrogens with two attached hydrogens (primary N) is 1. The molecule has 9 nitrogen and oxygen atoms in total. The number of anilines is 1. The van der Waals surface area contributed by atoms with Crippen LogP contribution in [0.15, 0.2) is 59.6 Å². The number of carbonyl (C=O) groups is 1. The van der Waals surface area contributed by atoms with Gasteiger partial charge in [0.2, 0.25) is 15.8 Å². The second-order valence-electron chi connectivity index (χ2n) is 8.93. The molecule has 0 aliphatic heterocycles. The molecule has 3 aromatic rings. The van der Waals surface area contributed by atoms with E-state index in [9.17, 15) is 26.4 Å². The summed E-state index contributed by atoms with van der Waals surface area (Å²) in [5.41, 5.74) is -1.61. The van der Waals surface area contributed by atoms with Crippen molar-refractivity contribution >= 4 is 21.7 Å². The van der Waals surface area contributed by atoms with Gasteiger partial charge >= 0.3 is 12.2 Å². The van der Waals surface area contributed by atoms with Crippen LogP contribution in [0.2, 0.25) is 0 Å². The van der Waals surface area contributed by atoms with Crippen LogP contribution in [0.4, 0.5) is 23.7 Å². The van der Waals surface area contributed by atoms with Crippen LogP contribution < -0.4 is 15.8 Å². The van der Waals surface area contributed by atoms with E-state index in [-0.39, 0.29) is 27.5 Å². The van der Waals surface area contributed by atoms with Crippen LogP contribution in [-0.4, -0.2) is 24.4 Å². The van der Waals surface area contributed by atoms with E-state index >= 15 is 0 Å². The standard InChI is InChI=1S/C25H23F3N6O3S/c26-25(27,28)20-14-17(6-9-19(20)16-4-7-18(8-5-16)38(30,36)37)32-23(35)34-24(11-2-1-3-12-24)21-10-13-31-22(15-29)33-21/h4-10,13-14H,1-3,11-12H2,(H2,30,36,37)(H2,32,34,35). The number of hydrogen-bond acceptors (Lipinski definition) is 6. The molecule has 13 heteroatoms. The lowest BCUT2D eigenvalue weighted by Gasteiger charge is -2.37. The second-order valence-corrected chi connectivity index (χ2v) is 10.5. The predicted octanol–water partition coefficient (Wildman–Crippen LogP) is 4.66. The minimum Gasteiger partial charge on any atom is -0.327 e. The van der Waals surface area contributed by atoms with Crippen molar-refractivity contribution in [2.75, 3.05) is 5.32 Å². The summed E-state index contributed by atoms with van der Waals surface area (Å²) in [5.74, 6) is -0.0443. The molecule has 1 aromatic heterocycles. The van der Waals surface area contributed by atoms with Crippen molar-refractivity contribution in [3.63, 3.8) is 0 Å². The maximum Gasteiger partial charge on any atom is 0.417 e. The minimum absolute atomic E-state index is 0.0443. The van der Waals surface area contributed by atoms with Crippen molar-refractivity contribution in [1.82, 2.24) is 15.3 Å². The molecule has 2 amide bonds. The Labute approximate surface area is 217 Å². The number of primary sulfonamides is 1. The number of aromatic nitrogens is 2. The van der Waals surface area contributed by atoms with Crippen LogP contribution in [0.3, 0.4) is 0 Å². The van der Waals surface area contributed by atoms with Gasteiger partial charge in [0.05, 0.1) is 21.7 Å². The van der Waals surface area contributed by atoms with Gasteiger partial charge in [-0.2, -0.15) is 18.4 Å². The first-order valence-electron chi connectivity index (χ1n) is 11.6. The Kier molecular flexibility index (Phi) is 7.39. The van der Waals surface area contributed by atoms with E-state index in [4.69, 9.17) is 10.4 Å². The lowest BCUT2D eigenvalue weighted by molar-refractivity contribution is -0.137. The Bertz CT molecular complexity index is 1500. The lowest BCUT2D eigenvalue weighted by Crippen LogP contribution is -2.49. The fourth-order valence-corrected chi connectivity index (χ4v) is 5.11. The molecule has 198 valence electrons. The average molecular weight is 545 g/mol. The van der Waals surface area contributed by atoms with E-state index in [1.165, 1.54) is 30.5 Å². The number of hydrogen-bond donors (Lipinski definition) is 3. The largest absolute Gasteiger partial charge is 0.417 e. The maximum atomic E-state index is 14.0. The van der Waals surface area contributed by atoms with Crippen molar-refractivity contribution in [2.45, 2.75) is 48.7 Å². The number of halogens is 3. The van der Waals surface area contributed by atoms with Crippen molar-refractivity contribution in [3.05, 3.63) is 71.8 Å². The molecule has 0 saturated heterocycles. The summed E-state index contributed by atoms with van der Waals surface area (Å²) in [5, 5.41) is 19.6. The number of urea groups is 1. The summed E-state index contributed by atoms with van der Waals surface area (Å²) < 4.78 is 64.8. The van der Waals surface area contributed by atoms with Gasteiger partial charge in [0.15, 0.2) is 0 Å². The monoisotopic (exact) mass is 544 g/mol. The Morgan fingerprint density at radius 2 is 1.74 bits per heavy atom. The van der Waals surface area contributed by atoms with E-state index < -0.39 is 33.3 Å². The normalized spacial score (nSPS) is 15.3. The first kappa shape index (κ1) is 27.0. The van der Waals surface area contributed by atoms with Crippen molar-refractivity contribution in [2.24, 2.45) is 5.14 Å². The van der Waals surface area contributed by atoms with E-state index in [1.807, 2.05) is 6.07 Å². The molecule has 1 aliphatic rings. The number of benzene rings is 2. The lowest BCUT2D eigenvalue weighted by atomic mass is 9.79. The molecule has 38 heavy (non-hydrogen) atoms. The molecule has 1 saturated carbocycles. The van der Waals surface area contributed by atoms with Crippen molar-refractivity contribution in [3.8, 4) is 17.2 Å². The SMILES string of the molecule is N#Cc1nccc(C2(NC(=O)Nc3ccc(-c4ccc(S(N)(=O)=O)cc4)c(C(F)(F)F)c3)CCCCC2)n1. The number of rotatable bonds is 5. The third-order valence-corrected chi connectivity index (χ3v) is 7.31. The summed E-state index contributed by atoms with van der Waals surface area (Å²) in [6.07, 6.45) is 0.303. The molecule has 0 radical (unpaired) electrons. The van der Waals surface area contributed by atoms with E-state index in [0.29, 0.717) is 18.5 Å². The first-order valence-corrected chi connectivity index (χ1v) is 13.1. The van der Waals surface area contributed by atoms with Crippen LogP contribution in [0.25, 0.3) is 11.1 Å². The highest BCUT2D eigenvalue weighted by Gasteiger charge is 2.38. The average Bonchev–Trinajstić information content (AvgIpc) is 2.88. The Morgan fingerprint density at radius 3 is 2.34 bits per heavy atom. The Balaban J connectivity index is 1.61. The van der Waals surface area contributed by atoms with Crippen LogP contribution >= 0.6 is 0 Å². The minimum atomic E-state index is -4.76. The molecule has 1 heterocycles. The number of sulfonamides is 1. The Morgan fingerprint density at radius 1 is 1.05 bits per heavy atom. The fraction of sp³-hybridized carbons (Fsp3) is 0.280. The molecule has 0 spiro atoms. The van der Waals surface area contributed by atoms with Crippen LogP contribution in [0.5, 0.6) is 0 Å². The highest BCUT2D eigenvalue weighted by Crippen LogP contribution is 2.39. The van der Waals surface area contributed by atoms with Gasteiger partial charge in [-0.3, -0.25) is 0 Å². The third kappa shape index (κ3) is 5.92. The highest BCUT2D eigenvalue weighted by molar-refractivity contribution is 7.89. The molecule has 0 bridgehead atoms. The summed E-state index contributed by atoms with van der Waals surface area (Å²) in [4.78, 5) is 20.9. The smallest absolute Gasteiger partial charge is 0.327 e. The topological polar surface area (TPSA) is 151 Å². The number of amides is 2. The molecular formula is C25H23F3N6O3S. The summed E-state index contributed by atoms with van der Waals surface area (Å²) >= 11 is 0. The zero-order chi connectivity index (χ0) is 27.6. The zero-order valence-electron chi connectivity index (χ0n) is 19.9. The van der Waals surface area contributed by atoms with Crippen LogP contribution in [0.1, 0.15) is 49.2 Å². The second kappa shape index (κ2) is 10.4. The predicted molar refractivity (Wildman–Crippen MR) is 132 cm³/mol. The fourth-order valence-electron chi connectivity index (χ4n) is 4.59. The summed E-state index contributed by atoms with van der Waals surface area (Å²) in [6.45, 7) is 0. The van der Waals surface area contributed by atoms with Crippen LogP contribution in [-0.2, 0) is 21.7 Å². The molecule has 0 atom stereocenters. The van der Waals surface area contributed by atoms with Gasteiger partial charge in [-0.25, -0.2) is 28.3 Å². The molecule has 0 unspecified atom stereocenters. The maximum absolute atomic E-state index is 14.0. The molecule has 1 aliphatic carbocycles. The molecule has 4 N–H and O–H groups in total. The van der Waals surface area contributed by atoms with Gasteiger partial charge < -0.3 is 10.6 Å². The molecule has 4 rings (SSSR count). The summed E-state index contributed by atoms with van der Waals surface area (Å²) in [7, 11) is -4.00. The molecular weight excluding hydrogens is 521 g/mol. The van der Waals surface area contributed by atoms with Gasteiger partial charge in [-0.1, -0.05) is 37.5 Å². The third-order valence-electron chi connectivity index (χ3n) is 6.38. The van der Waals surface area contributed by atoms with Gasteiger partial charge in [-0.15, -0.1) is 0 Å². The van der Waals surface area contributed by atoms with E-state index in [0.717, 1.165) is 37.5 Å². The molecule has 1 fully saturated rings. The Hall–Kier alpha value is -4.02. The van der Waals surface area contributed by atoms with Gasteiger partial charge in [0, 0.05) is 11.9 Å². The summed E-state index contributed by atoms with van der Waals surface area (Å²) in [6, 6.07) is 10.8. The van der Waals surface area contributed by atoms with Crippen LogP contribution in [0, 0.1) is 11.3 Å². The quantitative estimate of drug-likeness (QED) is 0.425. The van der Waals surface area contributed by atoms with Gasteiger partial charge in [0.25, 0.3) is 0 Å². The number of nitrogens with zero attached hydrogens (tertiary/aromatic N) is 3. The first-order chi connectivity index (χ1) is 17.9. The van der Waals surface area contributed by atoms with Crippen molar-refractivity contribution in [1.29, 1.82) is 5.26 Å². The highest BCUT2D eigenvalue weighted by atomic mass is 32.2.